The summed E-state index contributed by atoms with van der Waals surface area (Å²) in [5, 5.41) is 9.46. The predicted octanol–water partition coefficient (Wildman–Crippen LogP) is 2.74. The second-order valence-electron chi connectivity index (χ2n) is 6.56. The molecule has 132 valence electrons. The summed E-state index contributed by atoms with van der Waals surface area (Å²) >= 11 is 0. The SMILES string of the molecule is N#C[C@@H](C(=O)[C@@H]1CCCN(C(=O)Cc2ccccc2)C1)c1ccccn1. The molecule has 0 saturated carbocycles. The molecular weight excluding hydrogens is 326 g/mol. The maximum Gasteiger partial charge on any atom is 0.227 e. The van der Waals surface area contributed by atoms with Crippen LogP contribution < -0.4 is 0 Å². The summed E-state index contributed by atoms with van der Waals surface area (Å²) in [6.45, 7) is 1.05. The maximum absolute atomic E-state index is 12.9. The molecule has 0 spiro atoms. The molecule has 1 aromatic carbocycles. The molecule has 0 radical (unpaired) electrons. The van der Waals surface area contributed by atoms with E-state index in [4.69, 9.17) is 0 Å². The number of aromatic nitrogens is 1. The van der Waals surface area contributed by atoms with E-state index in [0.717, 1.165) is 12.0 Å². The zero-order valence-corrected chi connectivity index (χ0v) is 14.5. The Morgan fingerprint density at radius 1 is 1.19 bits per heavy atom. The fraction of sp³-hybridized carbons (Fsp3) is 0.333. The third kappa shape index (κ3) is 4.15. The molecular formula is C21H21N3O2. The van der Waals surface area contributed by atoms with Crippen molar-refractivity contribution in [1.29, 1.82) is 5.26 Å². The molecule has 2 heterocycles. The number of pyridine rings is 1. The van der Waals surface area contributed by atoms with Crippen LogP contribution >= 0.6 is 0 Å². The maximum atomic E-state index is 12.9. The van der Waals surface area contributed by atoms with Gasteiger partial charge >= 0.3 is 0 Å². The van der Waals surface area contributed by atoms with E-state index in [-0.39, 0.29) is 17.6 Å². The van der Waals surface area contributed by atoms with Crippen LogP contribution in [-0.4, -0.2) is 34.7 Å². The van der Waals surface area contributed by atoms with Crippen molar-refractivity contribution in [3.8, 4) is 6.07 Å². The van der Waals surface area contributed by atoms with Gasteiger partial charge in [0.25, 0.3) is 0 Å². The quantitative estimate of drug-likeness (QED) is 0.833. The van der Waals surface area contributed by atoms with Gasteiger partial charge in [-0.25, -0.2) is 0 Å². The van der Waals surface area contributed by atoms with Crippen molar-refractivity contribution in [1.82, 2.24) is 9.88 Å². The van der Waals surface area contributed by atoms with Crippen LogP contribution in [0.1, 0.15) is 30.0 Å². The molecule has 5 heteroatoms. The molecule has 3 rings (SSSR count). The van der Waals surface area contributed by atoms with Crippen LogP contribution in [-0.2, 0) is 16.0 Å². The normalized spacial score (nSPS) is 18.0. The van der Waals surface area contributed by atoms with Crippen molar-refractivity contribution >= 4 is 11.7 Å². The molecule has 5 nitrogen and oxygen atoms in total. The number of rotatable bonds is 5. The lowest BCUT2D eigenvalue weighted by Crippen LogP contribution is -2.44. The Bertz CT molecular complexity index is 799. The first-order valence-corrected chi connectivity index (χ1v) is 8.85. The predicted molar refractivity (Wildman–Crippen MR) is 97.0 cm³/mol. The van der Waals surface area contributed by atoms with Crippen LogP contribution in [0, 0.1) is 17.2 Å². The molecule has 26 heavy (non-hydrogen) atoms. The topological polar surface area (TPSA) is 74.1 Å². The highest BCUT2D eigenvalue weighted by Crippen LogP contribution is 2.25. The van der Waals surface area contributed by atoms with Crippen molar-refractivity contribution in [2.45, 2.75) is 25.2 Å². The molecule has 0 N–H and O–H groups in total. The summed E-state index contributed by atoms with van der Waals surface area (Å²) in [5.74, 6) is -1.29. The molecule has 0 unspecified atom stereocenters. The minimum atomic E-state index is -0.870. The highest BCUT2D eigenvalue weighted by Gasteiger charge is 2.33. The first-order chi connectivity index (χ1) is 12.7. The Morgan fingerprint density at radius 2 is 1.96 bits per heavy atom. The number of ketones is 1. The Balaban J connectivity index is 1.67. The Labute approximate surface area is 153 Å². The van der Waals surface area contributed by atoms with Crippen LogP contribution in [0.5, 0.6) is 0 Å². The summed E-state index contributed by atoms with van der Waals surface area (Å²) in [4.78, 5) is 31.3. The van der Waals surface area contributed by atoms with Crippen LogP contribution in [0.3, 0.4) is 0 Å². The molecule has 0 aliphatic carbocycles. The summed E-state index contributed by atoms with van der Waals surface area (Å²) < 4.78 is 0. The van der Waals surface area contributed by atoms with Gasteiger partial charge in [-0.3, -0.25) is 14.6 Å². The fourth-order valence-corrected chi connectivity index (χ4v) is 3.38. The molecule has 1 amide bonds. The lowest BCUT2D eigenvalue weighted by molar-refractivity contribution is -0.134. The Hall–Kier alpha value is -3.00. The Morgan fingerprint density at radius 3 is 2.65 bits per heavy atom. The number of amides is 1. The van der Waals surface area contributed by atoms with Gasteiger partial charge in [-0.2, -0.15) is 5.26 Å². The standard InChI is InChI=1S/C21H21N3O2/c22-14-18(19-10-4-5-11-23-19)21(26)17-9-6-12-24(15-17)20(25)13-16-7-2-1-3-8-16/h1-5,7-8,10-11,17-18H,6,9,12-13,15H2/t17-,18-/m1/s1. The molecule has 2 aromatic rings. The summed E-state index contributed by atoms with van der Waals surface area (Å²) in [5.41, 5.74) is 1.45. The van der Waals surface area contributed by atoms with Crippen molar-refractivity contribution in [3.05, 3.63) is 66.0 Å². The molecule has 1 aliphatic heterocycles. The third-order valence-corrected chi connectivity index (χ3v) is 4.77. The van der Waals surface area contributed by atoms with E-state index < -0.39 is 5.92 Å². The van der Waals surface area contributed by atoms with E-state index >= 15 is 0 Å². The van der Waals surface area contributed by atoms with Crippen molar-refractivity contribution in [3.63, 3.8) is 0 Å². The third-order valence-electron chi connectivity index (χ3n) is 4.77. The number of hydrogen-bond acceptors (Lipinski definition) is 4. The van der Waals surface area contributed by atoms with E-state index in [2.05, 4.69) is 11.1 Å². The van der Waals surface area contributed by atoms with E-state index in [0.29, 0.717) is 31.6 Å². The van der Waals surface area contributed by atoms with Gasteiger partial charge in [0.05, 0.1) is 18.2 Å². The van der Waals surface area contributed by atoms with E-state index in [1.54, 1.807) is 29.3 Å². The van der Waals surface area contributed by atoms with Gasteiger partial charge in [-0.05, 0) is 30.5 Å². The number of likely N-dealkylation sites (tertiary alicyclic amines) is 1. The number of nitriles is 1. The number of nitrogens with zero attached hydrogens (tertiary/aromatic N) is 3. The van der Waals surface area contributed by atoms with E-state index in [1.807, 2.05) is 30.3 Å². The number of Topliss-reactive ketones (excluding diaryl/α,β-unsaturated/α-hetero) is 1. The van der Waals surface area contributed by atoms with Crippen molar-refractivity contribution in [2.24, 2.45) is 5.92 Å². The monoisotopic (exact) mass is 347 g/mol. The first-order valence-electron chi connectivity index (χ1n) is 8.85. The van der Waals surface area contributed by atoms with Gasteiger partial charge in [0.1, 0.15) is 5.92 Å². The average Bonchev–Trinajstić information content (AvgIpc) is 2.70. The molecule has 1 aromatic heterocycles. The van der Waals surface area contributed by atoms with Gasteiger partial charge in [0, 0.05) is 25.2 Å². The molecule has 0 bridgehead atoms. The second-order valence-corrected chi connectivity index (χ2v) is 6.56. The lowest BCUT2D eigenvalue weighted by atomic mass is 9.85. The summed E-state index contributed by atoms with van der Waals surface area (Å²) in [6, 6.07) is 16.9. The molecule has 1 aliphatic rings. The molecule has 2 atom stereocenters. The summed E-state index contributed by atoms with van der Waals surface area (Å²) in [7, 11) is 0. The van der Waals surface area contributed by atoms with Gasteiger partial charge in [-0.1, -0.05) is 36.4 Å². The van der Waals surface area contributed by atoms with Crippen LogP contribution in [0.2, 0.25) is 0 Å². The number of hydrogen-bond donors (Lipinski definition) is 0. The van der Waals surface area contributed by atoms with Gasteiger partial charge in [-0.15, -0.1) is 0 Å². The average molecular weight is 347 g/mol. The lowest BCUT2D eigenvalue weighted by Gasteiger charge is -2.32. The first kappa shape index (κ1) is 17.8. The van der Waals surface area contributed by atoms with Crippen LogP contribution in [0.4, 0.5) is 0 Å². The second kappa shape index (κ2) is 8.39. The highest BCUT2D eigenvalue weighted by atomic mass is 16.2. The molecule has 1 fully saturated rings. The van der Waals surface area contributed by atoms with Crippen molar-refractivity contribution in [2.75, 3.05) is 13.1 Å². The minimum Gasteiger partial charge on any atom is -0.342 e. The van der Waals surface area contributed by atoms with E-state index in [9.17, 15) is 14.9 Å². The smallest absolute Gasteiger partial charge is 0.227 e. The summed E-state index contributed by atoms with van der Waals surface area (Å²) in [6.07, 6.45) is 3.41. The highest BCUT2D eigenvalue weighted by molar-refractivity contribution is 5.91. The number of piperidine rings is 1. The zero-order chi connectivity index (χ0) is 18.4. The van der Waals surface area contributed by atoms with Crippen LogP contribution in [0.15, 0.2) is 54.7 Å². The van der Waals surface area contributed by atoms with E-state index in [1.165, 1.54) is 0 Å². The van der Waals surface area contributed by atoms with Gasteiger partial charge < -0.3 is 4.90 Å². The van der Waals surface area contributed by atoms with Gasteiger partial charge in [0.15, 0.2) is 5.78 Å². The minimum absolute atomic E-state index is 0.0278. The molecule has 1 saturated heterocycles. The zero-order valence-electron chi connectivity index (χ0n) is 14.5. The van der Waals surface area contributed by atoms with Gasteiger partial charge in [0.2, 0.25) is 5.91 Å². The van der Waals surface area contributed by atoms with Crippen LogP contribution in [0.25, 0.3) is 0 Å². The van der Waals surface area contributed by atoms with Crippen molar-refractivity contribution < 1.29 is 9.59 Å². The Kier molecular flexibility index (Phi) is 5.75. The largest absolute Gasteiger partial charge is 0.342 e. The number of benzene rings is 1. The number of carbonyl (C=O) groups is 2. The number of carbonyl (C=O) groups excluding carboxylic acids is 2. The fourth-order valence-electron chi connectivity index (χ4n) is 3.38.